The van der Waals surface area contributed by atoms with Crippen LogP contribution < -0.4 is 0 Å². The van der Waals surface area contributed by atoms with E-state index in [2.05, 4.69) is 40.8 Å². The lowest BCUT2D eigenvalue weighted by molar-refractivity contribution is -0.141. The zero-order valence-corrected chi connectivity index (χ0v) is 15.3. The minimum absolute atomic E-state index is 0.145. The molecule has 0 radical (unpaired) electrons. The molecule has 2 fully saturated rings. The summed E-state index contributed by atoms with van der Waals surface area (Å²) < 4.78 is 5.43. The van der Waals surface area contributed by atoms with Gasteiger partial charge >= 0.3 is 0 Å². The SMILES string of the molecule is Cc1cccc(CN2CC[C@@](O)(CN3CCOCC3)C(C)(C)C2)n1. The molecule has 0 unspecified atom stereocenters. The van der Waals surface area contributed by atoms with E-state index < -0.39 is 5.60 Å². The number of aromatic nitrogens is 1. The fraction of sp³-hybridized carbons (Fsp3) is 0.737. The zero-order valence-electron chi connectivity index (χ0n) is 15.3. The molecule has 0 aromatic carbocycles. The van der Waals surface area contributed by atoms with Gasteiger partial charge in [-0.1, -0.05) is 19.9 Å². The third-order valence-electron chi connectivity index (χ3n) is 5.64. The second-order valence-corrected chi connectivity index (χ2v) is 8.03. The van der Waals surface area contributed by atoms with Crippen molar-refractivity contribution in [3.63, 3.8) is 0 Å². The Morgan fingerprint density at radius 3 is 2.58 bits per heavy atom. The first kappa shape index (κ1) is 17.8. The predicted molar refractivity (Wildman–Crippen MR) is 94.9 cm³/mol. The van der Waals surface area contributed by atoms with Crippen molar-refractivity contribution in [1.29, 1.82) is 0 Å². The van der Waals surface area contributed by atoms with E-state index in [-0.39, 0.29) is 5.41 Å². The van der Waals surface area contributed by atoms with E-state index >= 15 is 0 Å². The highest BCUT2D eigenvalue weighted by Gasteiger charge is 2.48. The van der Waals surface area contributed by atoms with Gasteiger partial charge in [-0.2, -0.15) is 0 Å². The lowest BCUT2D eigenvalue weighted by Gasteiger charge is -2.52. The summed E-state index contributed by atoms with van der Waals surface area (Å²) >= 11 is 0. The highest BCUT2D eigenvalue weighted by atomic mass is 16.5. The van der Waals surface area contributed by atoms with Crippen LogP contribution in [0.25, 0.3) is 0 Å². The largest absolute Gasteiger partial charge is 0.388 e. The fourth-order valence-electron chi connectivity index (χ4n) is 3.94. The monoisotopic (exact) mass is 333 g/mol. The van der Waals surface area contributed by atoms with E-state index in [1.165, 1.54) is 0 Å². The van der Waals surface area contributed by atoms with Crippen LogP contribution in [0.1, 0.15) is 31.7 Å². The Bertz CT molecular complexity index is 557. The van der Waals surface area contributed by atoms with Crippen LogP contribution in [0, 0.1) is 12.3 Å². The average Bonchev–Trinajstić information content (AvgIpc) is 2.52. The molecule has 0 amide bonds. The number of aryl methyl sites for hydroxylation is 1. The lowest BCUT2D eigenvalue weighted by atomic mass is 9.69. The number of β-amino-alcohol motifs (C(OH)–C–C–N with tert-alkyl or cyclic N) is 1. The number of morpholine rings is 1. The van der Waals surface area contributed by atoms with Crippen molar-refractivity contribution in [2.75, 3.05) is 45.9 Å². The van der Waals surface area contributed by atoms with Gasteiger partial charge in [0.1, 0.15) is 0 Å². The van der Waals surface area contributed by atoms with Gasteiger partial charge in [0, 0.05) is 50.4 Å². The zero-order chi connectivity index (χ0) is 17.2. The molecule has 0 aliphatic carbocycles. The number of hydrogen-bond acceptors (Lipinski definition) is 5. The number of nitrogens with zero attached hydrogens (tertiary/aromatic N) is 3. The van der Waals surface area contributed by atoms with Gasteiger partial charge in [-0.25, -0.2) is 0 Å². The molecule has 5 nitrogen and oxygen atoms in total. The first-order chi connectivity index (χ1) is 11.4. The molecule has 1 N–H and O–H groups in total. The molecule has 3 heterocycles. The molecular formula is C19H31N3O2. The van der Waals surface area contributed by atoms with Crippen LogP contribution in [-0.2, 0) is 11.3 Å². The van der Waals surface area contributed by atoms with Crippen LogP contribution in [0.15, 0.2) is 18.2 Å². The summed E-state index contributed by atoms with van der Waals surface area (Å²) in [6, 6.07) is 6.20. The summed E-state index contributed by atoms with van der Waals surface area (Å²) in [7, 11) is 0. The van der Waals surface area contributed by atoms with E-state index in [9.17, 15) is 5.11 Å². The maximum Gasteiger partial charge on any atom is 0.0849 e. The van der Waals surface area contributed by atoms with Gasteiger partial charge in [0.2, 0.25) is 0 Å². The Labute approximate surface area is 145 Å². The van der Waals surface area contributed by atoms with E-state index in [1.54, 1.807) is 0 Å². The van der Waals surface area contributed by atoms with E-state index in [1.807, 2.05) is 13.0 Å². The van der Waals surface area contributed by atoms with Crippen molar-refractivity contribution in [2.45, 2.75) is 39.3 Å². The first-order valence-electron chi connectivity index (χ1n) is 9.05. The molecule has 2 aliphatic rings. The minimum Gasteiger partial charge on any atom is -0.388 e. The quantitative estimate of drug-likeness (QED) is 0.909. The van der Waals surface area contributed by atoms with E-state index in [4.69, 9.17) is 4.74 Å². The number of hydrogen-bond donors (Lipinski definition) is 1. The second kappa shape index (κ2) is 7.08. The standard InChI is InChI=1S/C19H31N3O2/c1-16-5-4-6-17(20-16)13-22-8-7-19(23,18(2,3)14-22)15-21-9-11-24-12-10-21/h4-6,23H,7-15H2,1-3H3/t19-/m1/s1. The maximum atomic E-state index is 11.4. The number of ether oxygens (including phenoxy) is 1. The molecule has 1 aromatic rings. The van der Waals surface area contributed by atoms with E-state index in [0.717, 1.165) is 70.3 Å². The topological polar surface area (TPSA) is 48.8 Å². The van der Waals surface area contributed by atoms with Crippen molar-refractivity contribution >= 4 is 0 Å². The molecule has 0 saturated carbocycles. The van der Waals surface area contributed by atoms with Gasteiger partial charge in [0.25, 0.3) is 0 Å². The number of aliphatic hydroxyl groups is 1. The van der Waals surface area contributed by atoms with Crippen molar-refractivity contribution in [2.24, 2.45) is 5.41 Å². The molecule has 2 saturated heterocycles. The highest BCUT2D eigenvalue weighted by molar-refractivity contribution is 5.11. The van der Waals surface area contributed by atoms with Gasteiger partial charge in [-0.3, -0.25) is 14.8 Å². The lowest BCUT2D eigenvalue weighted by Crippen LogP contribution is -2.62. The summed E-state index contributed by atoms with van der Waals surface area (Å²) in [6.07, 6.45) is 0.809. The predicted octanol–water partition coefficient (Wildman–Crippen LogP) is 1.69. The van der Waals surface area contributed by atoms with Crippen LogP contribution in [0.4, 0.5) is 0 Å². The second-order valence-electron chi connectivity index (χ2n) is 8.03. The highest BCUT2D eigenvalue weighted by Crippen LogP contribution is 2.39. The Morgan fingerprint density at radius 1 is 1.17 bits per heavy atom. The summed E-state index contributed by atoms with van der Waals surface area (Å²) in [4.78, 5) is 9.40. The summed E-state index contributed by atoms with van der Waals surface area (Å²) in [5.41, 5.74) is 1.39. The van der Waals surface area contributed by atoms with Crippen molar-refractivity contribution in [3.8, 4) is 0 Å². The third kappa shape index (κ3) is 3.97. The number of rotatable bonds is 4. The van der Waals surface area contributed by atoms with Gasteiger partial charge in [-0.15, -0.1) is 0 Å². The maximum absolute atomic E-state index is 11.4. The normalized spacial score (nSPS) is 28.8. The van der Waals surface area contributed by atoms with Gasteiger partial charge < -0.3 is 9.84 Å². The van der Waals surface area contributed by atoms with Gasteiger partial charge in [-0.05, 0) is 25.5 Å². The van der Waals surface area contributed by atoms with Gasteiger partial charge in [0.15, 0.2) is 0 Å². The number of piperidine rings is 1. The molecular weight excluding hydrogens is 302 g/mol. The minimum atomic E-state index is -0.638. The summed E-state index contributed by atoms with van der Waals surface area (Å²) in [5, 5.41) is 11.4. The Kier molecular flexibility index (Phi) is 5.25. The smallest absolute Gasteiger partial charge is 0.0849 e. The number of pyridine rings is 1. The molecule has 3 rings (SSSR count). The molecule has 0 spiro atoms. The molecule has 2 aliphatic heterocycles. The molecule has 1 atom stereocenters. The Morgan fingerprint density at radius 2 is 1.92 bits per heavy atom. The van der Waals surface area contributed by atoms with Crippen molar-refractivity contribution in [3.05, 3.63) is 29.6 Å². The van der Waals surface area contributed by atoms with Crippen LogP contribution in [0.2, 0.25) is 0 Å². The third-order valence-corrected chi connectivity index (χ3v) is 5.64. The Hall–Kier alpha value is -1.01. The summed E-state index contributed by atoms with van der Waals surface area (Å²) in [6.45, 7) is 13.3. The van der Waals surface area contributed by atoms with Gasteiger partial charge in [0.05, 0.1) is 24.5 Å². The van der Waals surface area contributed by atoms with E-state index in [0.29, 0.717) is 0 Å². The molecule has 1 aromatic heterocycles. The Balaban J connectivity index is 1.63. The fourth-order valence-corrected chi connectivity index (χ4v) is 3.94. The van der Waals surface area contributed by atoms with Crippen LogP contribution in [-0.4, -0.2) is 71.4 Å². The van der Waals surface area contributed by atoms with Crippen molar-refractivity contribution < 1.29 is 9.84 Å². The average molecular weight is 333 g/mol. The van der Waals surface area contributed by atoms with Crippen LogP contribution in [0.5, 0.6) is 0 Å². The summed E-state index contributed by atoms with van der Waals surface area (Å²) in [5.74, 6) is 0. The molecule has 24 heavy (non-hydrogen) atoms. The number of likely N-dealkylation sites (tertiary alicyclic amines) is 1. The molecule has 134 valence electrons. The molecule has 5 heteroatoms. The first-order valence-corrected chi connectivity index (χ1v) is 9.05. The van der Waals surface area contributed by atoms with Crippen LogP contribution in [0.3, 0.4) is 0 Å². The van der Waals surface area contributed by atoms with Crippen molar-refractivity contribution in [1.82, 2.24) is 14.8 Å². The van der Waals surface area contributed by atoms with Crippen LogP contribution >= 0.6 is 0 Å². The molecule has 0 bridgehead atoms.